The van der Waals surface area contributed by atoms with Crippen LogP contribution in [0.3, 0.4) is 0 Å². The molecular weight excluding hydrogens is 793 g/mol. The van der Waals surface area contributed by atoms with Crippen LogP contribution >= 0.6 is 0 Å². The predicted octanol–water partition coefficient (Wildman–Crippen LogP) is 17.4. The normalized spacial score (nSPS) is 14.5. The Kier molecular flexibility index (Phi) is 7.04. The molecule has 0 nitrogen and oxygen atoms in total. The Morgan fingerprint density at radius 3 is 1.33 bits per heavy atom. The lowest BCUT2D eigenvalue weighted by Gasteiger charge is -2.32. The first kappa shape index (κ1) is 36.3. The van der Waals surface area contributed by atoms with Gasteiger partial charge in [-0.25, -0.2) is 0 Å². The van der Waals surface area contributed by atoms with Crippen molar-refractivity contribution in [3.8, 4) is 55.6 Å². The molecule has 0 saturated carbocycles. The van der Waals surface area contributed by atoms with Crippen LogP contribution in [-0.4, -0.2) is 0 Å². The first-order valence-electron chi connectivity index (χ1n) is 23.4. The fourth-order valence-corrected chi connectivity index (χ4v) is 13.4. The monoisotopic (exact) mass is 834 g/mol. The van der Waals surface area contributed by atoms with E-state index in [1.807, 2.05) is 0 Å². The van der Waals surface area contributed by atoms with E-state index in [2.05, 4.69) is 232 Å². The van der Waals surface area contributed by atoms with Crippen LogP contribution in [0.15, 0.2) is 218 Å². The molecule has 3 aliphatic carbocycles. The first-order chi connectivity index (χ1) is 32.5. The summed E-state index contributed by atoms with van der Waals surface area (Å²) in [5.41, 5.74) is 20.9. The van der Waals surface area contributed by atoms with E-state index in [-0.39, 0.29) is 5.41 Å². The summed E-state index contributed by atoms with van der Waals surface area (Å²) in [6.45, 7) is 4.80. The zero-order valence-corrected chi connectivity index (χ0v) is 36.8. The molecule has 306 valence electrons. The van der Waals surface area contributed by atoms with E-state index < -0.39 is 5.41 Å². The molecule has 15 rings (SSSR count). The van der Waals surface area contributed by atoms with Crippen molar-refractivity contribution in [3.63, 3.8) is 0 Å². The molecule has 66 heavy (non-hydrogen) atoms. The molecule has 0 bridgehead atoms. The second-order valence-electron chi connectivity index (χ2n) is 19.4. The Balaban J connectivity index is 1.00. The van der Waals surface area contributed by atoms with Gasteiger partial charge in [0.15, 0.2) is 0 Å². The Morgan fingerprint density at radius 2 is 0.712 bits per heavy atom. The average molecular weight is 835 g/mol. The minimum absolute atomic E-state index is 0.128. The predicted molar refractivity (Wildman–Crippen MR) is 279 cm³/mol. The fourth-order valence-electron chi connectivity index (χ4n) is 13.4. The van der Waals surface area contributed by atoms with Crippen molar-refractivity contribution in [2.75, 3.05) is 0 Å². The summed E-state index contributed by atoms with van der Waals surface area (Å²) < 4.78 is 0. The molecule has 0 aromatic heterocycles. The quantitative estimate of drug-likeness (QED) is 0.152. The van der Waals surface area contributed by atoms with Gasteiger partial charge in [-0.2, -0.15) is 0 Å². The average Bonchev–Trinajstić information content (AvgIpc) is 3.94. The van der Waals surface area contributed by atoms with Crippen LogP contribution in [0.4, 0.5) is 0 Å². The molecule has 12 aromatic rings. The van der Waals surface area contributed by atoms with E-state index in [0.29, 0.717) is 0 Å². The van der Waals surface area contributed by atoms with E-state index in [4.69, 9.17) is 0 Å². The Morgan fingerprint density at radius 1 is 0.258 bits per heavy atom. The van der Waals surface area contributed by atoms with Gasteiger partial charge in [0.2, 0.25) is 0 Å². The maximum atomic E-state index is 2.54. The second kappa shape index (κ2) is 12.8. The molecule has 0 N–H and O–H groups in total. The summed E-state index contributed by atoms with van der Waals surface area (Å²) in [7, 11) is 0. The van der Waals surface area contributed by atoms with Gasteiger partial charge in [0.05, 0.1) is 5.41 Å². The highest BCUT2D eigenvalue weighted by molar-refractivity contribution is 6.25. The fraction of sp³-hybridized carbons (Fsp3) is 0.0606. The molecule has 0 saturated heterocycles. The standard InChI is InChI=1S/C66H42/c1-65(2)56-28-14-13-27-54(56)62-47-22-6-5-19-44(47)55(38-59(62)65)61-50-25-9-7-23-48(50)60(49-24-8-10-26-51(49)61)41-33-34-43-40(37-41)32-36-53-52-35-31-39-17-3-4-18-42(39)63(52)66(64(43)53)57-29-15-11-20-45(57)46-21-12-16-30-58(46)66/h3-38H,1-2H3. The topological polar surface area (TPSA) is 0 Å². The molecule has 1 spiro atoms. The van der Waals surface area contributed by atoms with E-state index in [9.17, 15) is 0 Å². The minimum Gasteiger partial charge on any atom is -0.0619 e. The maximum Gasteiger partial charge on any atom is 0.0737 e. The van der Waals surface area contributed by atoms with Crippen LogP contribution in [0.2, 0.25) is 0 Å². The first-order valence-corrected chi connectivity index (χ1v) is 23.4. The molecule has 0 amide bonds. The molecule has 3 aliphatic rings. The van der Waals surface area contributed by atoms with Gasteiger partial charge in [0.25, 0.3) is 0 Å². The van der Waals surface area contributed by atoms with Crippen LogP contribution in [0.25, 0.3) is 109 Å². The number of fused-ring (bicyclic) bond motifs is 21. The van der Waals surface area contributed by atoms with Gasteiger partial charge in [0, 0.05) is 5.41 Å². The molecule has 0 aliphatic heterocycles. The van der Waals surface area contributed by atoms with Crippen LogP contribution in [-0.2, 0) is 10.8 Å². The highest BCUT2D eigenvalue weighted by Crippen LogP contribution is 2.65. The lowest BCUT2D eigenvalue weighted by Crippen LogP contribution is -2.26. The van der Waals surface area contributed by atoms with Gasteiger partial charge in [-0.15, -0.1) is 0 Å². The Bertz CT molecular complexity index is 4040. The van der Waals surface area contributed by atoms with Crippen molar-refractivity contribution in [1.29, 1.82) is 0 Å². The summed E-state index contributed by atoms with van der Waals surface area (Å²) in [4.78, 5) is 0. The summed E-state index contributed by atoms with van der Waals surface area (Å²) in [6, 6.07) is 83.2. The van der Waals surface area contributed by atoms with Crippen LogP contribution in [0.5, 0.6) is 0 Å². The zero-order valence-electron chi connectivity index (χ0n) is 36.8. The number of hydrogen-bond donors (Lipinski definition) is 0. The number of rotatable bonds is 2. The Hall–Kier alpha value is -8.06. The third-order valence-corrected chi connectivity index (χ3v) is 16.0. The van der Waals surface area contributed by atoms with E-state index in [0.717, 1.165) is 0 Å². The third kappa shape index (κ3) is 4.40. The van der Waals surface area contributed by atoms with Gasteiger partial charge in [-0.05, 0) is 155 Å². The molecule has 0 radical (unpaired) electrons. The molecule has 0 atom stereocenters. The molecular formula is C66H42. The van der Waals surface area contributed by atoms with Crippen LogP contribution in [0, 0.1) is 0 Å². The van der Waals surface area contributed by atoms with Crippen molar-refractivity contribution >= 4 is 53.9 Å². The van der Waals surface area contributed by atoms with E-state index >= 15 is 0 Å². The van der Waals surface area contributed by atoms with Gasteiger partial charge >= 0.3 is 0 Å². The van der Waals surface area contributed by atoms with E-state index in [1.165, 1.54) is 143 Å². The van der Waals surface area contributed by atoms with Gasteiger partial charge < -0.3 is 0 Å². The molecule has 12 aromatic carbocycles. The van der Waals surface area contributed by atoms with Crippen molar-refractivity contribution in [3.05, 3.63) is 252 Å². The number of benzene rings is 12. The van der Waals surface area contributed by atoms with Crippen molar-refractivity contribution in [1.82, 2.24) is 0 Å². The minimum atomic E-state index is -0.463. The molecule has 0 heterocycles. The van der Waals surface area contributed by atoms with Gasteiger partial charge in [0.1, 0.15) is 0 Å². The van der Waals surface area contributed by atoms with Crippen LogP contribution in [0.1, 0.15) is 47.2 Å². The smallest absolute Gasteiger partial charge is 0.0619 e. The summed E-state index contributed by atoms with van der Waals surface area (Å²) in [5, 5.41) is 12.9. The highest BCUT2D eigenvalue weighted by Gasteiger charge is 2.53. The van der Waals surface area contributed by atoms with Gasteiger partial charge in [-0.1, -0.05) is 220 Å². The van der Waals surface area contributed by atoms with Crippen molar-refractivity contribution in [2.24, 2.45) is 0 Å². The largest absolute Gasteiger partial charge is 0.0737 e. The van der Waals surface area contributed by atoms with E-state index in [1.54, 1.807) is 0 Å². The third-order valence-electron chi connectivity index (χ3n) is 16.0. The summed E-state index contributed by atoms with van der Waals surface area (Å²) >= 11 is 0. The summed E-state index contributed by atoms with van der Waals surface area (Å²) in [5.74, 6) is 0. The zero-order chi connectivity index (χ0) is 43.5. The van der Waals surface area contributed by atoms with Gasteiger partial charge in [-0.3, -0.25) is 0 Å². The lowest BCUT2D eigenvalue weighted by molar-refractivity contribution is 0.661. The van der Waals surface area contributed by atoms with Crippen molar-refractivity contribution < 1.29 is 0 Å². The summed E-state index contributed by atoms with van der Waals surface area (Å²) in [6.07, 6.45) is 0. The molecule has 0 unspecified atom stereocenters. The molecule has 0 heteroatoms. The van der Waals surface area contributed by atoms with Crippen LogP contribution < -0.4 is 0 Å². The maximum absolute atomic E-state index is 2.54. The molecule has 0 fully saturated rings. The Labute approximate surface area is 384 Å². The van der Waals surface area contributed by atoms with Crippen molar-refractivity contribution in [2.45, 2.75) is 24.7 Å². The second-order valence-corrected chi connectivity index (χ2v) is 19.4. The lowest BCUT2D eigenvalue weighted by atomic mass is 9.68. The highest BCUT2D eigenvalue weighted by atomic mass is 14.5. The number of hydrogen-bond acceptors (Lipinski definition) is 0. The SMILES string of the molecule is CC1(C)c2ccccc2-c2c1cc(-c1c3ccccc3c(-c3ccc4c5c(ccc4c3)-c3ccc4ccccc4c3C53c4ccccc4-c4ccccc43)c3ccccc13)c1ccccc21.